The number of hydrogen-bond acceptors (Lipinski definition) is 6. The van der Waals surface area contributed by atoms with Crippen LogP contribution in [0.15, 0.2) is 18.2 Å². The molecule has 1 atom stereocenters. The van der Waals surface area contributed by atoms with E-state index < -0.39 is 0 Å². The molecule has 3 aliphatic rings. The lowest BCUT2D eigenvalue weighted by Crippen LogP contribution is -2.54. The fourth-order valence-corrected chi connectivity index (χ4v) is 5.33. The van der Waals surface area contributed by atoms with Crippen molar-refractivity contribution < 1.29 is 19.1 Å². The SMILES string of the molecule is CCCCOC(=O)CN1CCC(c2cccc3c2CCCN3C2CCC(=O)NC2=O)CC1. The zero-order valence-corrected chi connectivity index (χ0v) is 19.1. The smallest absolute Gasteiger partial charge is 0.320 e. The first-order chi connectivity index (χ1) is 15.6. The summed E-state index contributed by atoms with van der Waals surface area (Å²) in [5, 5.41) is 2.51. The predicted molar refractivity (Wildman–Crippen MR) is 123 cm³/mol. The molecule has 3 aliphatic heterocycles. The molecule has 1 aromatic rings. The van der Waals surface area contributed by atoms with E-state index >= 15 is 0 Å². The Morgan fingerprint density at radius 1 is 1.12 bits per heavy atom. The summed E-state index contributed by atoms with van der Waals surface area (Å²) < 4.78 is 5.32. The summed E-state index contributed by atoms with van der Waals surface area (Å²) in [5.41, 5.74) is 3.91. The second-order valence-electron chi connectivity index (χ2n) is 9.23. The summed E-state index contributed by atoms with van der Waals surface area (Å²) in [4.78, 5) is 40.5. The van der Waals surface area contributed by atoms with Crippen molar-refractivity contribution in [1.82, 2.24) is 10.2 Å². The number of hydrogen-bond donors (Lipinski definition) is 1. The molecule has 0 saturated carbocycles. The zero-order valence-electron chi connectivity index (χ0n) is 19.1. The number of unbranched alkanes of at least 4 members (excludes halogenated alkanes) is 1. The monoisotopic (exact) mass is 441 g/mol. The van der Waals surface area contributed by atoms with Crippen LogP contribution in [0.1, 0.15) is 68.9 Å². The minimum atomic E-state index is -0.262. The Bertz CT molecular complexity index is 848. The zero-order chi connectivity index (χ0) is 22.5. The van der Waals surface area contributed by atoms with Crippen molar-refractivity contribution in [2.75, 3.05) is 37.7 Å². The van der Waals surface area contributed by atoms with E-state index in [0.717, 1.165) is 63.8 Å². The number of fused-ring (bicyclic) bond motifs is 1. The van der Waals surface area contributed by atoms with Crippen LogP contribution in [0, 0.1) is 0 Å². The van der Waals surface area contributed by atoms with Gasteiger partial charge in [-0.3, -0.25) is 24.6 Å². The number of nitrogens with zero attached hydrogens (tertiary/aromatic N) is 2. The fraction of sp³-hybridized carbons (Fsp3) is 0.640. The van der Waals surface area contributed by atoms with E-state index in [2.05, 4.69) is 40.2 Å². The van der Waals surface area contributed by atoms with E-state index in [1.807, 2.05) is 0 Å². The van der Waals surface area contributed by atoms with Crippen molar-refractivity contribution in [3.63, 3.8) is 0 Å². The topological polar surface area (TPSA) is 79.0 Å². The van der Waals surface area contributed by atoms with E-state index in [0.29, 0.717) is 31.9 Å². The Kier molecular flexibility index (Phi) is 7.45. The van der Waals surface area contributed by atoms with Crippen LogP contribution >= 0.6 is 0 Å². The first-order valence-corrected chi connectivity index (χ1v) is 12.2. The van der Waals surface area contributed by atoms with Gasteiger partial charge in [-0.25, -0.2) is 0 Å². The van der Waals surface area contributed by atoms with Gasteiger partial charge < -0.3 is 9.64 Å². The maximum Gasteiger partial charge on any atom is 0.320 e. The third kappa shape index (κ3) is 5.14. The van der Waals surface area contributed by atoms with E-state index in [9.17, 15) is 14.4 Å². The number of amides is 2. The molecular weight excluding hydrogens is 406 g/mol. The van der Waals surface area contributed by atoms with Crippen molar-refractivity contribution >= 4 is 23.5 Å². The molecule has 32 heavy (non-hydrogen) atoms. The number of piperidine rings is 2. The van der Waals surface area contributed by atoms with Crippen LogP contribution in [0.25, 0.3) is 0 Å². The quantitative estimate of drug-likeness (QED) is 0.398. The van der Waals surface area contributed by atoms with Gasteiger partial charge in [0.15, 0.2) is 0 Å². The highest BCUT2D eigenvalue weighted by Crippen LogP contribution is 2.38. The van der Waals surface area contributed by atoms with Gasteiger partial charge in [0.1, 0.15) is 6.04 Å². The molecule has 2 fully saturated rings. The molecule has 1 aromatic carbocycles. The second-order valence-corrected chi connectivity index (χ2v) is 9.23. The lowest BCUT2D eigenvalue weighted by molar-refractivity contribution is -0.145. The van der Waals surface area contributed by atoms with Gasteiger partial charge in [-0.15, -0.1) is 0 Å². The number of benzene rings is 1. The molecule has 3 heterocycles. The number of rotatable bonds is 7. The standard InChI is InChI=1S/C25H35N3O4/c1-2-3-16-32-24(30)17-27-14-11-18(12-15-27)19-6-4-8-21-20(19)7-5-13-28(21)22-9-10-23(29)26-25(22)31/h4,6,8,18,22H,2-3,5,7,9-17H2,1H3,(H,26,29,31). The van der Waals surface area contributed by atoms with E-state index in [-0.39, 0.29) is 23.8 Å². The van der Waals surface area contributed by atoms with Gasteiger partial charge in [0, 0.05) is 18.7 Å². The predicted octanol–water partition coefficient (Wildman–Crippen LogP) is 2.77. The van der Waals surface area contributed by atoms with Crippen LogP contribution in [-0.2, 0) is 25.5 Å². The summed E-state index contributed by atoms with van der Waals surface area (Å²) in [7, 11) is 0. The molecule has 7 heteroatoms. The number of imide groups is 1. The average Bonchev–Trinajstić information content (AvgIpc) is 2.79. The van der Waals surface area contributed by atoms with Crippen LogP contribution in [0.5, 0.6) is 0 Å². The Labute approximate surface area is 190 Å². The molecular formula is C25H35N3O4. The largest absolute Gasteiger partial charge is 0.465 e. The van der Waals surface area contributed by atoms with Crippen LogP contribution in [-0.4, -0.2) is 61.5 Å². The van der Waals surface area contributed by atoms with Crippen molar-refractivity contribution in [3.8, 4) is 0 Å². The lowest BCUT2D eigenvalue weighted by atomic mass is 9.83. The molecule has 0 aromatic heterocycles. The molecule has 7 nitrogen and oxygen atoms in total. The van der Waals surface area contributed by atoms with Gasteiger partial charge in [-0.1, -0.05) is 25.5 Å². The second kappa shape index (κ2) is 10.5. The van der Waals surface area contributed by atoms with Gasteiger partial charge >= 0.3 is 5.97 Å². The lowest BCUT2D eigenvalue weighted by Gasteiger charge is -2.40. The molecule has 2 amide bonds. The highest BCUT2D eigenvalue weighted by atomic mass is 16.5. The van der Waals surface area contributed by atoms with E-state index in [1.165, 1.54) is 11.1 Å². The Morgan fingerprint density at radius 2 is 1.94 bits per heavy atom. The third-order valence-electron chi connectivity index (χ3n) is 7.05. The Hall–Kier alpha value is -2.41. The van der Waals surface area contributed by atoms with E-state index in [4.69, 9.17) is 4.74 Å². The van der Waals surface area contributed by atoms with Gasteiger partial charge in [0.25, 0.3) is 0 Å². The van der Waals surface area contributed by atoms with Crippen LogP contribution < -0.4 is 10.2 Å². The summed E-state index contributed by atoms with van der Waals surface area (Å²) in [6, 6.07) is 6.22. The number of anilines is 1. The Balaban J connectivity index is 1.40. The summed E-state index contributed by atoms with van der Waals surface area (Å²) in [6.07, 6.45) is 7.03. The van der Waals surface area contributed by atoms with Crippen molar-refractivity contribution in [2.45, 2.75) is 70.3 Å². The maximum atomic E-state index is 12.5. The number of likely N-dealkylation sites (tertiary alicyclic amines) is 1. The molecule has 1 unspecified atom stereocenters. The Morgan fingerprint density at radius 3 is 2.69 bits per heavy atom. The molecule has 174 valence electrons. The molecule has 2 saturated heterocycles. The van der Waals surface area contributed by atoms with Gasteiger partial charge in [0.05, 0.1) is 13.2 Å². The van der Waals surface area contributed by atoms with Crippen molar-refractivity contribution in [2.24, 2.45) is 0 Å². The summed E-state index contributed by atoms with van der Waals surface area (Å²) >= 11 is 0. The highest BCUT2D eigenvalue weighted by Gasteiger charge is 2.35. The molecule has 0 spiro atoms. The number of carbonyl (C=O) groups is 3. The molecule has 0 aliphatic carbocycles. The number of esters is 1. The molecule has 1 N–H and O–H groups in total. The molecule has 4 rings (SSSR count). The minimum Gasteiger partial charge on any atom is -0.465 e. The van der Waals surface area contributed by atoms with Crippen molar-refractivity contribution in [1.29, 1.82) is 0 Å². The molecule has 0 bridgehead atoms. The average molecular weight is 442 g/mol. The molecule has 0 radical (unpaired) electrons. The summed E-state index contributed by atoms with van der Waals surface area (Å²) in [5.74, 6) is 0.0183. The van der Waals surface area contributed by atoms with E-state index in [1.54, 1.807) is 0 Å². The first-order valence-electron chi connectivity index (χ1n) is 12.2. The highest BCUT2D eigenvalue weighted by molar-refractivity contribution is 6.01. The number of carbonyl (C=O) groups excluding carboxylic acids is 3. The van der Waals surface area contributed by atoms with Crippen LogP contribution in [0.3, 0.4) is 0 Å². The number of nitrogens with one attached hydrogen (secondary N) is 1. The van der Waals surface area contributed by atoms with Gasteiger partial charge in [-0.2, -0.15) is 0 Å². The number of ether oxygens (including phenoxy) is 1. The van der Waals surface area contributed by atoms with Crippen LogP contribution in [0.2, 0.25) is 0 Å². The summed E-state index contributed by atoms with van der Waals surface area (Å²) in [6.45, 7) is 5.63. The van der Waals surface area contributed by atoms with Gasteiger partial charge in [-0.05, 0) is 74.7 Å². The van der Waals surface area contributed by atoms with Gasteiger partial charge in [0.2, 0.25) is 11.8 Å². The normalized spacial score (nSPS) is 22.4. The fourth-order valence-electron chi connectivity index (χ4n) is 5.33. The minimum absolute atomic E-state index is 0.117. The first kappa shape index (κ1) is 22.8. The van der Waals surface area contributed by atoms with Crippen LogP contribution in [0.4, 0.5) is 5.69 Å². The van der Waals surface area contributed by atoms with Crippen molar-refractivity contribution in [3.05, 3.63) is 29.3 Å². The third-order valence-corrected chi connectivity index (χ3v) is 7.05. The maximum absolute atomic E-state index is 12.5.